The summed E-state index contributed by atoms with van der Waals surface area (Å²) in [6.07, 6.45) is 6.66. The number of pyridine rings is 1. The Kier molecular flexibility index (Phi) is 7.47. The smallest absolute Gasteiger partial charge is 0.255 e. The zero-order valence-electron chi connectivity index (χ0n) is 18.8. The van der Waals surface area contributed by atoms with Gasteiger partial charge in [-0.05, 0) is 56.1 Å². The molecule has 0 unspecified atom stereocenters. The number of nitrogens with zero attached hydrogens (tertiary/aromatic N) is 4. The summed E-state index contributed by atoms with van der Waals surface area (Å²) in [5, 5.41) is 21.8. The molecule has 0 saturated carbocycles. The van der Waals surface area contributed by atoms with Crippen molar-refractivity contribution in [2.45, 2.75) is 12.8 Å². The Morgan fingerprint density at radius 2 is 1.85 bits per heavy atom. The maximum absolute atomic E-state index is 12.8. The number of hydrogen-bond donors (Lipinski definition) is 4. The van der Waals surface area contributed by atoms with Crippen LogP contribution in [0.25, 0.3) is 0 Å². The lowest BCUT2D eigenvalue weighted by atomic mass is 9.98. The summed E-state index contributed by atoms with van der Waals surface area (Å²) in [5.41, 5.74) is 2.07. The highest BCUT2D eigenvalue weighted by Crippen LogP contribution is 2.27. The van der Waals surface area contributed by atoms with E-state index in [-0.39, 0.29) is 11.6 Å². The molecule has 3 heterocycles. The summed E-state index contributed by atoms with van der Waals surface area (Å²) in [7, 11) is 1.58. The minimum absolute atomic E-state index is 0.236. The number of rotatable bonds is 8. The summed E-state index contributed by atoms with van der Waals surface area (Å²) in [5.74, 6) is 1.98. The van der Waals surface area contributed by atoms with Gasteiger partial charge in [0, 0.05) is 18.2 Å². The molecule has 1 aromatic carbocycles. The number of hydrogen-bond acceptors (Lipinski definition) is 9. The molecule has 1 saturated heterocycles. The number of benzene rings is 1. The van der Waals surface area contributed by atoms with E-state index in [0.29, 0.717) is 34.6 Å². The van der Waals surface area contributed by atoms with Gasteiger partial charge in [0.05, 0.1) is 37.1 Å². The van der Waals surface area contributed by atoms with Crippen molar-refractivity contribution < 1.29 is 9.53 Å². The molecule has 0 radical (unpaired) electrons. The second-order valence-electron chi connectivity index (χ2n) is 7.90. The fourth-order valence-corrected chi connectivity index (χ4v) is 3.63. The average molecular weight is 459 g/mol. The summed E-state index contributed by atoms with van der Waals surface area (Å²) < 4.78 is 5.16. The minimum Gasteiger partial charge on any atom is -0.497 e. The third-order valence-corrected chi connectivity index (χ3v) is 5.57. The highest BCUT2D eigenvalue weighted by Gasteiger charge is 2.16. The molecular weight excluding hydrogens is 432 g/mol. The van der Waals surface area contributed by atoms with Gasteiger partial charge in [0.2, 0.25) is 0 Å². The minimum atomic E-state index is -0.243. The molecule has 0 atom stereocenters. The highest BCUT2D eigenvalue weighted by molar-refractivity contribution is 6.06. The lowest BCUT2D eigenvalue weighted by Crippen LogP contribution is -2.31. The Balaban J connectivity index is 1.52. The van der Waals surface area contributed by atoms with Crippen molar-refractivity contribution >= 4 is 28.9 Å². The van der Waals surface area contributed by atoms with Gasteiger partial charge in [-0.2, -0.15) is 5.26 Å². The zero-order chi connectivity index (χ0) is 23.8. The molecule has 4 rings (SSSR count). The third kappa shape index (κ3) is 5.96. The predicted octanol–water partition coefficient (Wildman–Crippen LogP) is 3.16. The number of nitrogens with one attached hydrogen (secondary N) is 4. The SMILES string of the molecule is COc1ccc(C(=O)Nc2cnc(Nc3cnc(C#N)cn3)cc2NCC2CCNCC2)cc1. The number of amides is 1. The first-order valence-electron chi connectivity index (χ1n) is 11.0. The van der Waals surface area contributed by atoms with Crippen LogP contribution in [0.2, 0.25) is 0 Å². The molecule has 174 valence electrons. The topological polar surface area (TPSA) is 137 Å². The molecule has 10 heteroatoms. The summed E-state index contributed by atoms with van der Waals surface area (Å²) in [6, 6.07) is 10.7. The summed E-state index contributed by atoms with van der Waals surface area (Å²) >= 11 is 0. The van der Waals surface area contributed by atoms with E-state index in [2.05, 4.69) is 36.2 Å². The van der Waals surface area contributed by atoms with E-state index in [1.807, 2.05) is 12.1 Å². The Morgan fingerprint density at radius 1 is 1.09 bits per heavy atom. The van der Waals surface area contributed by atoms with Gasteiger partial charge < -0.3 is 26.0 Å². The first-order chi connectivity index (χ1) is 16.6. The normalized spacial score (nSPS) is 13.5. The molecule has 1 aliphatic rings. The van der Waals surface area contributed by atoms with Crippen LogP contribution in [0.1, 0.15) is 28.9 Å². The number of methoxy groups -OCH3 is 1. The van der Waals surface area contributed by atoms with Crippen molar-refractivity contribution in [1.82, 2.24) is 20.3 Å². The van der Waals surface area contributed by atoms with Crippen LogP contribution >= 0.6 is 0 Å². The highest BCUT2D eigenvalue weighted by atomic mass is 16.5. The molecule has 4 N–H and O–H groups in total. The average Bonchev–Trinajstić information content (AvgIpc) is 2.89. The maximum atomic E-state index is 12.8. The van der Waals surface area contributed by atoms with Crippen LogP contribution in [0, 0.1) is 17.2 Å². The van der Waals surface area contributed by atoms with Gasteiger partial charge in [0.25, 0.3) is 5.91 Å². The molecule has 34 heavy (non-hydrogen) atoms. The lowest BCUT2D eigenvalue weighted by Gasteiger charge is -2.24. The number of carbonyl (C=O) groups excluding carboxylic acids is 1. The number of aromatic nitrogens is 3. The van der Waals surface area contributed by atoms with Gasteiger partial charge in [-0.3, -0.25) is 4.79 Å². The Labute approximate surface area is 197 Å². The molecule has 1 amide bonds. The number of ether oxygens (including phenoxy) is 1. The van der Waals surface area contributed by atoms with Crippen molar-refractivity contribution in [3.05, 3.63) is 60.2 Å². The van der Waals surface area contributed by atoms with Crippen LogP contribution in [0.15, 0.2) is 48.9 Å². The fourth-order valence-electron chi connectivity index (χ4n) is 3.63. The number of piperidine rings is 1. The Bertz CT molecular complexity index is 1150. The molecule has 0 spiro atoms. The van der Waals surface area contributed by atoms with Crippen molar-refractivity contribution in [2.75, 3.05) is 42.7 Å². The Morgan fingerprint density at radius 3 is 2.53 bits per heavy atom. The van der Waals surface area contributed by atoms with Crippen LogP contribution < -0.4 is 26.0 Å². The van der Waals surface area contributed by atoms with Crippen molar-refractivity contribution in [2.24, 2.45) is 5.92 Å². The second kappa shape index (κ2) is 11.1. The third-order valence-electron chi connectivity index (χ3n) is 5.57. The molecular formula is C24H26N8O2. The summed E-state index contributed by atoms with van der Waals surface area (Å²) in [4.78, 5) is 25.4. The van der Waals surface area contributed by atoms with Crippen molar-refractivity contribution in [3.63, 3.8) is 0 Å². The number of nitriles is 1. The van der Waals surface area contributed by atoms with Gasteiger partial charge in [-0.15, -0.1) is 0 Å². The maximum Gasteiger partial charge on any atom is 0.255 e. The van der Waals surface area contributed by atoms with Gasteiger partial charge in [-0.25, -0.2) is 15.0 Å². The van der Waals surface area contributed by atoms with E-state index in [9.17, 15) is 4.79 Å². The molecule has 0 bridgehead atoms. The fraction of sp³-hybridized carbons (Fsp3) is 0.292. The van der Waals surface area contributed by atoms with E-state index in [0.717, 1.165) is 38.2 Å². The van der Waals surface area contributed by atoms with E-state index in [1.165, 1.54) is 12.4 Å². The van der Waals surface area contributed by atoms with Crippen LogP contribution in [-0.2, 0) is 0 Å². The number of carbonyl (C=O) groups is 1. The molecule has 2 aromatic heterocycles. The molecule has 3 aromatic rings. The van der Waals surface area contributed by atoms with Crippen molar-refractivity contribution in [3.8, 4) is 11.8 Å². The zero-order valence-corrected chi connectivity index (χ0v) is 18.8. The molecule has 0 aliphatic carbocycles. The predicted molar refractivity (Wildman–Crippen MR) is 129 cm³/mol. The molecule has 1 fully saturated rings. The van der Waals surface area contributed by atoms with Crippen LogP contribution in [0.3, 0.4) is 0 Å². The standard InChI is InChI=1S/C24H26N8O2/c1-34-19-4-2-17(3-5-19)24(33)31-21-14-30-22(32-23-15-27-18(11-25)13-29-23)10-20(21)28-12-16-6-8-26-9-7-16/h2-5,10,13-16,26H,6-9,12H2,1H3,(H,31,33)(H2,28,29,30,32). The Hall–Kier alpha value is -4.23. The largest absolute Gasteiger partial charge is 0.497 e. The summed E-state index contributed by atoms with van der Waals surface area (Å²) in [6.45, 7) is 2.80. The van der Waals surface area contributed by atoms with Gasteiger partial charge >= 0.3 is 0 Å². The quantitative estimate of drug-likeness (QED) is 0.401. The van der Waals surface area contributed by atoms with Gasteiger partial charge in [0.15, 0.2) is 5.69 Å². The van der Waals surface area contributed by atoms with Crippen LogP contribution in [-0.4, -0.2) is 47.6 Å². The van der Waals surface area contributed by atoms with E-state index in [1.54, 1.807) is 37.6 Å². The first-order valence-corrected chi connectivity index (χ1v) is 11.0. The number of anilines is 4. The van der Waals surface area contributed by atoms with Crippen LogP contribution in [0.4, 0.5) is 23.0 Å². The van der Waals surface area contributed by atoms with Crippen molar-refractivity contribution in [1.29, 1.82) is 5.26 Å². The van der Waals surface area contributed by atoms with E-state index in [4.69, 9.17) is 10.00 Å². The van der Waals surface area contributed by atoms with Crippen LogP contribution in [0.5, 0.6) is 5.75 Å². The van der Waals surface area contributed by atoms with E-state index < -0.39 is 0 Å². The van der Waals surface area contributed by atoms with E-state index >= 15 is 0 Å². The monoisotopic (exact) mass is 458 g/mol. The van der Waals surface area contributed by atoms with Gasteiger partial charge in [0.1, 0.15) is 23.5 Å². The first kappa shape index (κ1) is 22.9. The second-order valence-corrected chi connectivity index (χ2v) is 7.90. The lowest BCUT2D eigenvalue weighted by molar-refractivity contribution is 0.102. The molecule has 1 aliphatic heterocycles. The molecule has 10 nitrogen and oxygen atoms in total. The van der Waals surface area contributed by atoms with Gasteiger partial charge in [-0.1, -0.05) is 0 Å².